The number of hydrogen-bond donors (Lipinski definition) is 0. The van der Waals surface area contributed by atoms with Crippen LogP contribution in [-0.4, -0.2) is 37.2 Å². The summed E-state index contributed by atoms with van der Waals surface area (Å²) >= 11 is 0. The Morgan fingerprint density at radius 3 is 0.519 bits per heavy atom. The Labute approximate surface area is 482 Å². The van der Waals surface area contributed by atoms with Gasteiger partial charge in [0.2, 0.25) is 0 Å². The number of esters is 3. The zero-order valence-electron chi connectivity index (χ0n) is 52.8. The molecule has 0 aliphatic carbocycles. The van der Waals surface area contributed by atoms with Gasteiger partial charge in [0.1, 0.15) is 13.2 Å². The van der Waals surface area contributed by atoms with Crippen molar-refractivity contribution in [2.75, 3.05) is 13.2 Å². The Balaban J connectivity index is 3.96. The number of unbranched alkanes of at least 4 members (excludes halogenated alkanes) is 56. The molecule has 0 aromatic heterocycles. The standard InChI is InChI=1S/C71H138O6/c1-4-7-10-13-16-19-22-24-26-27-28-29-30-31-32-33-34-35-36-37-38-39-40-41-42-43-44-45-47-49-52-55-58-61-64-70(73)76-67-68(66-75-69(72)63-60-57-54-51-48-21-18-15-12-9-6-3)77-71(74)65-62-59-56-53-50-46-25-23-20-17-14-11-8-5-2/h68H,4-67H2,1-3H3. The highest BCUT2D eigenvalue weighted by Crippen LogP contribution is 2.20. The number of rotatable bonds is 67. The van der Waals surface area contributed by atoms with E-state index >= 15 is 0 Å². The predicted molar refractivity (Wildman–Crippen MR) is 335 cm³/mol. The number of ether oxygens (including phenoxy) is 3. The van der Waals surface area contributed by atoms with E-state index in [1.807, 2.05) is 0 Å². The monoisotopic (exact) mass is 1090 g/mol. The molecule has 6 nitrogen and oxygen atoms in total. The van der Waals surface area contributed by atoms with E-state index in [9.17, 15) is 14.4 Å². The van der Waals surface area contributed by atoms with E-state index in [0.717, 1.165) is 57.8 Å². The molecule has 0 heterocycles. The summed E-state index contributed by atoms with van der Waals surface area (Å²) in [5.41, 5.74) is 0. The summed E-state index contributed by atoms with van der Waals surface area (Å²) in [6.07, 6.45) is 78.8. The van der Waals surface area contributed by atoms with Crippen molar-refractivity contribution < 1.29 is 28.6 Å². The van der Waals surface area contributed by atoms with Gasteiger partial charge in [0, 0.05) is 19.3 Å². The lowest BCUT2D eigenvalue weighted by atomic mass is 10.0. The molecule has 1 unspecified atom stereocenters. The van der Waals surface area contributed by atoms with Crippen LogP contribution in [0.15, 0.2) is 0 Å². The average Bonchev–Trinajstić information content (AvgIpc) is 3.43. The van der Waals surface area contributed by atoms with Crippen molar-refractivity contribution in [1.82, 2.24) is 0 Å². The Kier molecular flexibility index (Phi) is 65.5. The lowest BCUT2D eigenvalue weighted by Gasteiger charge is -2.18. The minimum Gasteiger partial charge on any atom is -0.462 e. The van der Waals surface area contributed by atoms with Crippen LogP contribution >= 0.6 is 0 Å². The summed E-state index contributed by atoms with van der Waals surface area (Å²) in [7, 11) is 0. The van der Waals surface area contributed by atoms with E-state index in [-0.39, 0.29) is 31.1 Å². The van der Waals surface area contributed by atoms with Gasteiger partial charge in [-0.15, -0.1) is 0 Å². The Morgan fingerprint density at radius 1 is 0.208 bits per heavy atom. The predicted octanol–water partition coefficient (Wildman–Crippen LogP) is 24.2. The third-order valence-corrected chi connectivity index (χ3v) is 16.6. The van der Waals surface area contributed by atoms with Gasteiger partial charge in [-0.1, -0.05) is 380 Å². The number of carbonyl (C=O) groups excluding carboxylic acids is 3. The molecule has 0 bridgehead atoms. The first-order valence-electron chi connectivity index (χ1n) is 35.5. The van der Waals surface area contributed by atoms with Crippen LogP contribution in [0.1, 0.15) is 419 Å². The fourth-order valence-corrected chi connectivity index (χ4v) is 11.3. The van der Waals surface area contributed by atoms with Gasteiger partial charge in [0.25, 0.3) is 0 Å². The highest BCUT2D eigenvalue weighted by molar-refractivity contribution is 5.71. The molecular formula is C71H138O6. The maximum atomic E-state index is 12.9. The molecule has 0 spiro atoms. The highest BCUT2D eigenvalue weighted by Gasteiger charge is 2.19. The molecule has 0 aromatic rings. The molecule has 0 amide bonds. The molecule has 0 radical (unpaired) electrons. The maximum absolute atomic E-state index is 12.9. The topological polar surface area (TPSA) is 78.9 Å². The van der Waals surface area contributed by atoms with Gasteiger partial charge in [-0.25, -0.2) is 0 Å². The molecule has 458 valence electrons. The van der Waals surface area contributed by atoms with Crippen molar-refractivity contribution in [1.29, 1.82) is 0 Å². The summed E-state index contributed by atoms with van der Waals surface area (Å²) in [5.74, 6) is -0.828. The second-order valence-corrected chi connectivity index (χ2v) is 24.5. The lowest BCUT2D eigenvalue weighted by molar-refractivity contribution is -0.167. The smallest absolute Gasteiger partial charge is 0.306 e. The van der Waals surface area contributed by atoms with Crippen LogP contribution in [0, 0.1) is 0 Å². The summed E-state index contributed by atoms with van der Waals surface area (Å²) in [6.45, 7) is 6.72. The van der Waals surface area contributed by atoms with E-state index in [0.29, 0.717) is 19.3 Å². The first kappa shape index (κ1) is 75.4. The van der Waals surface area contributed by atoms with Crippen molar-refractivity contribution in [3.05, 3.63) is 0 Å². The summed E-state index contributed by atoms with van der Waals surface area (Å²) in [4.78, 5) is 38.2. The molecule has 77 heavy (non-hydrogen) atoms. The average molecular weight is 1090 g/mol. The quantitative estimate of drug-likeness (QED) is 0.0343. The molecule has 0 saturated heterocycles. The van der Waals surface area contributed by atoms with E-state index in [2.05, 4.69) is 20.8 Å². The second kappa shape index (κ2) is 66.9. The number of carbonyl (C=O) groups is 3. The largest absolute Gasteiger partial charge is 0.462 e. The van der Waals surface area contributed by atoms with Gasteiger partial charge in [0.15, 0.2) is 6.10 Å². The third kappa shape index (κ3) is 65.1. The van der Waals surface area contributed by atoms with E-state index in [1.54, 1.807) is 0 Å². The summed E-state index contributed by atoms with van der Waals surface area (Å²) in [6, 6.07) is 0. The second-order valence-electron chi connectivity index (χ2n) is 24.5. The van der Waals surface area contributed by atoms with Gasteiger partial charge < -0.3 is 14.2 Å². The molecule has 0 N–H and O–H groups in total. The fourth-order valence-electron chi connectivity index (χ4n) is 11.3. The molecule has 1 atom stereocenters. The van der Waals surface area contributed by atoms with Crippen molar-refractivity contribution in [2.24, 2.45) is 0 Å². The summed E-state index contributed by atoms with van der Waals surface area (Å²) in [5, 5.41) is 0. The molecule has 0 saturated carbocycles. The van der Waals surface area contributed by atoms with Gasteiger partial charge in [-0.05, 0) is 19.3 Å². The fraction of sp³-hybridized carbons (Fsp3) is 0.958. The first-order valence-corrected chi connectivity index (χ1v) is 35.5. The molecule has 0 fully saturated rings. The van der Waals surface area contributed by atoms with Crippen LogP contribution < -0.4 is 0 Å². The van der Waals surface area contributed by atoms with Crippen LogP contribution in [0.2, 0.25) is 0 Å². The molecule has 0 rings (SSSR count). The van der Waals surface area contributed by atoms with Gasteiger partial charge in [0.05, 0.1) is 0 Å². The number of hydrogen-bond acceptors (Lipinski definition) is 6. The van der Waals surface area contributed by atoms with Crippen LogP contribution in [0.3, 0.4) is 0 Å². The third-order valence-electron chi connectivity index (χ3n) is 16.6. The molecule has 0 aliphatic heterocycles. The zero-order chi connectivity index (χ0) is 55.7. The van der Waals surface area contributed by atoms with Crippen LogP contribution in [-0.2, 0) is 28.6 Å². The van der Waals surface area contributed by atoms with E-state index < -0.39 is 6.10 Å². The van der Waals surface area contributed by atoms with Crippen LogP contribution in [0.4, 0.5) is 0 Å². The van der Waals surface area contributed by atoms with Gasteiger partial charge >= 0.3 is 17.9 Å². The van der Waals surface area contributed by atoms with E-state index in [1.165, 1.54) is 321 Å². The minimum atomic E-state index is -0.762. The van der Waals surface area contributed by atoms with Crippen molar-refractivity contribution in [3.8, 4) is 0 Å². The summed E-state index contributed by atoms with van der Waals surface area (Å²) < 4.78 is 16.9. The Morgan fingerprint density at radius 2 is 0.351 bits per heavy atom. The van der Waals surface area contributed by atoms with Gasteiger partial charge in [-0.2, -0.15) is 0 Å². The lowest BCUT2D eigenvalue weighted by Crippen LogP contribution is -2.30. The SMILES string of the molecule is CCCCCCCCCCCCCCCCCCCCCCCCCCCCCCCCCCCCC(=O)OCC(COC(=O)CCCCCCCCCCCCC)OC(=O)CCCCCCCCCCCCCCCC. The normalized spacial score (nSPS) is 11.9. The van der Waals surface area contributed by atoms with E-state index in [4.69, 9.17) is 14.2 Å². The molecule has 0 aromatic carbocycles. The van der Waals surface area contributed by atoms with Crippen LogP contribution in [0.5, 0.6) is 0 Å². The van der Waals surface area contributed by atoms with Crippen molar-refractivity contribution >= 4 is 17.9 Å². The van der Waals surface area contributed by atoms with Crippen molar-refractivity contribution in [2.45, 2.75) is 425 Å². The minimum absolute atomic E-state index is 0.0608. The molecular weight excluding hydrogens is 949 g/mol. The molecule has 0 aliphatic rings. The maximum Gasteiger partial charge on any atom is 0.306 e. The van der Waals surface area contributed by atoms with Gasteiger partial charge in [-0.3, -0.25) is 14.4 Å². The highest BCUT2D eigenvalue weighted by atomic mass is 16.6. The van der Waals surface area contributed by atoms with Crippen LogP contribution in [0.25, 0.3) is 0 Å². The zero-order valence-corrected chi connectivity index (χ0v) is 52.8. The first-order chi connectivity index (χ1) is 38.0. The Bertz CT molecular complexity index is 1160. The van der Waals surface area contributed by atoms with Crippen molar-refractivity contribution in [3.63, 3.8) is 0 Å². The molecule has 6 heteroatoms. The Hall–Kier alpha value is -1.59.